The van der Waals surface area contributed by atoms with E-state index in [0.717, 1.165) is 18.6 Å². The Morgan fingerprint density at radius 2 is 2.05 bits per heavy atom. The van der Waals surface area contributed by atoms with Gasteiger partial charge in [0.25, 0.3) is 5.91 Å². The Hall–Kier alpha value is -2.09. The summed E-state index contributed by atoms with van der Waals surface area (Å²) in [6.07, 6.45) is 5.91. The number of anilines is 1. The van der Waals surface area contributed by atoms with Crippen molar-refractivity contribution in [3.8, 4) is 12.3 Å². The van der Waals surface area contributed by atoms with Gasteiger partial charge in [-0.25, -0.2) is 8.78 Å². The van der Waals surface area contributed by atoms with Crippen LogP contribution >= 0.6 is 0 Å². The van der Waals surface area contributed by atoms with Crippen LogP contribution in [0, 0.1) is 29.9 Å². The maximum atomic E-state index is 13.7. The monoisotopic (exact) mass is 264 g/mol. The lowest BCUT2D eigenvalue weighted by molar-refractivity contribution is 0.0948. The summed E-state index contributed by atoms with van der Waals surface area (Å²) in [6.45, 7) is 2.01. The van der Waals surface area contributed by atoms with Crippen LogP contribution in [0.1, 0.15) is 23.7 Å². The molecule has 0 aliphatic heterocycles. The van der Waals surface area contributed by atoms with E-state index in [1.54, 1.807) is 0 Å². The van der Waals surface area contributed by atoms with Crippen molar-refractivity contribution in [3.63, 3.8) is 0 Å². The molecule has 0 saturated heterocycles. The standard InChI is InChI=1S/C14H14F2N2O/c1-3-4-17-13-10(15)6-9(7-11(13)16)14(19)18-12-5-8(12)2/h1,6-8,12,17H,4-5H2,2H3,(H,18,19). The zero-order valence-electron chi connectivity index (χ0n) is 10.5. The molecule has 2 rings (SSSR count). The summed E-state index contributed by atoms with van der Waals surface area (Å²) in [5.41, 5.74) is -0.338. The molecule has 0 radical (unpaired) electrons. The quantitative estimate of drug-likeness (QED) is 0.818. The van der Waals surface area contributed by atoms with Crippen molar-refractivity contribution in [3.05, 3.63) is 29.3 Å². The number of carbonyl (C=O) groups excluding carboxylic acids is 1. The van der Waals surface area contributed by atoms with Crippen LogP contribution in [0.2, 0.25) is 0 Å². The second-order valence-corrected chi connectivity index (χ2v) is 4.67. The molecule has 19 heavy (non-hydrogen) atoms. The highest BCUT2D eigenvalue weighted by Gasteiger charge is 2.34. The number of halogens is 2. The Balaban J connectivity index is 2.14. The molecule has 0 spiro atoms. The Morgan fingerprint density at radius 1 is 1.47 bits per heavy atom. The lowest BCUT2D eigenvalue weighted by Crippen LogP contribution is -2.26. The first-order valence-corrected chi connectivity index (χ1v) is 6.00. The van der Waals surface area contributed by atoms with Crippen molar-refractivity contribution in [2.45, 2.75) is 19.4 Å². The molecule has 1 amide bonds. The van der Waals surface area contributed by atoms with Crippen molar-refractivity contribution >= 4 is 11.6 Å². The molecule has 3 nitrogen and oxygen atoms in total. The number of hydrogen-bond donors (Lipinski definition) is 2. The van der Waals surface area contributed by atoms with Crippen molar-refractivity contribution in [2.75, 3.05) is 11.9 Å². The van der Waals surface area contributed by atoms with Crippen LogP contribution in [-0.2, 0) is 0 Å². The highest BCUT2D eigenvalue weighted by atomic mass is 19.1. The van der Waals surface area contributed by atoms with Gasteiger partial charge in [-0.3, -0.25) is 4.79 Å². The fraction of sp³-hybridized carbons (Fsp3) is 0.357. The minimum Gasteiger partial charge on any atom is -0.369 e. The van der Waals surface area contributed by atoms with Crippen LogP contribution in [0.25, 0.3) is 0 Å². The van der Waals surface area contributed by atoms with E-state index < -0.39 is 17.5 Å². The van der Waals surface area contributed by atoms with Gasteiger partial charge in [0.05, 0.1) is 6.54 Å². The third kappa shape index (κ3) is 3.02. The topological polar surface area (TPSA) is 41.1 Å². The smallest absolute Gasteiger partial charge is 0.251 e. The maximum Gasteiger partial charge on any atom is 0.251 e. The predicted octanol–water partition coefficient (Wildman–Crippen LogP) is 2.15. The van der Waals surface area contributed by atoms with Crippen LogP contribution in [-0.4, -0.2) is 18.5 Å². The molecule has 1 aromatic rings. The molecule has 0 bridgehead atoms. The van der Waals surface area contributed by atoms with Gasteiger partial charge in [-0.1, -0.05) is 12.8 Å². The van der Waals surface area contributed by atoms with Crippen LogP contribution in [0.3, 0.4) is 0 Å². The van der Waals surface area contributed by atoms with Gasteiger partial charge in [0.1, 0.15) is 17.3 Å². The first-order valence-electron chi connectivity index (χ1n) is 6.00. The van der Waals surface area contributed by atoms with Crippen LogP contribution in [0.5, 0.6) is 0 Å². The highest BCUT2D eigenvalue weighted by molar-refractivity contribution is 5.95. The number of nitrogens with one attached hydrogen (secondary N) is 2. The van der Waals surface area contributed by atoms with E-state index >= 15 is 0 Å². The SMILES string of the molecule is C#CCNc1c(F)cc(C(=O)NC2CC2C)cc1F. The molecule has 100 valence electrons. The van der Waals surface area contributed by atoms with Gasteiger partial charge in [-0.2, -0.15) is 0 Å². The summed E-state index contributed by atoms with van der Waals surface area (Å²) >= 11 is 0. The molecule has 5 heteroatoms. The molecule has 1 aliphatic rings. The van der Waals surface area contributed by atoms with E-state index in [0.29, 0.717) is 5.92 Å². The molecule has 2 N–H and O–H groups in total. The number of carbonyl (C=O) groups is 1. The van der Waals surface area contributed by atoms with Gasteiger partial charge >= 0.3 is 0 Å². The van der Waals surface area contributed by atoms with Gasteiger partial charge in [0.15, 0.2) is 0 Å². The van der Waals surface area contributed by atoms with E-state index in [9.17, 15) is 13.6 Å². The van der Waals surface area contributed by atoms with E-state index in [1.165, 1.54) is 0 Å². The molecular weight excluding hydrogens is 250 g/mol. The number of benzene rings is 1. The van der Waals surface area contributed by atoms with Gasteiger partial charge in [-0.15, -0.1) is 6.42 Å². The van der Waals surface area contributed by atoms with Crippen molar-refractivity contribution in [1.29, 1.82) is 0 Å². The molecule has 1 fully saturated rings. The van der Waals surface area contributed by atoms with Gasteiger partial charge in [-0.05, 0) is 24.5 Å². The maximum absolute atomic E-state index is 13.7. The summed E-state index contributed by atoms with van der Waals surface area (Å²) in [5.74, 6) is 0.528. The van der Waals surface area contributed by atoms with Crippen LogP contribution in [0.4, 0.5) is 14.5 Å². The minimum atomic E-state index is -0.829. The lowest BCUT2D eigenvalue weighted by atomic mass is 10.1. The second-order valence-electron chi connectivity index (χ2n) is 4.67. The minimum absolute atomic E-state index is 0.0129. The summed E-state index contributed by atoms with van der Waals surface area (Å²) in [4.78, 5) is 11.8. The fourth-order valence-electron chi connectivity index (χ4n) is 1.79. The third-order valence-electron chi connectivity index (χ3n) is 3.10. The Labute approximate surface area is 110 Å². The molecule has 2 atom stereocenters. The second kappa shape index (κ2) is 5.27. The van der Waals surface area contributed by atoms with E-state index in [4.69, 9.17) is 6.42 Å². The zero-order chi connectivity index (χ0) is 14.0. The lowest BCUT2D eigenvalue weighted by Gasteiger charge is -2.09. The Morgan fingerprint density at radius 3 is 2.53 bits per heavy atom. The van der Waals surface area contributed by atoms with E-state index in [2.05, 4.69) is 16.6 Å². The van der Waals surface area contributed by atoms with Crippen LogP contribution < -0.4 is 10.6 Å². The average Bonchev–Trinajstić information content (AvgIpc) is 3.03. The Kier molecular flexibility index (Phi) is 3.70. The summed E-state index contributed by atoms with van der Waals surface area (Å²) in [7, 11) is 0. The normalized spacial score (nSPS) is 20.5. The van der Waals surface area contributed by atoms with Crippen molar-refractivity contribution < 1.29 is 13.6 Å². The molecule has 1 aromatic carbocycles. The van der Waals surface area contributed by atoms with Crippen molar-refractivity contribution in [2.24, 2.45) is 5.92 Å². The molecule has 0 heterocycles. The first kappa shape index (κ1) is 13.3. The highest BCUT2D eigenvalue weighted by Crippen LogP contribution is 2.29. The average molecular weight is 264 g/mol. The Bertz CT molecular complexity index is 528. The third-order valence-corrected chi connectivity index (χ3v) is 3.10. The molecular formula is C14H14F2N2O. The first-order chi connectivity index (χ1) is 9.02. The van der Waals surface area contributed by atoms with E-state index in [-0.39, 0.29) is 23.8 Å². The van der Waals surface area contributed by atoms with E-state index in [1.807, 2.05) is 6.92 Å². The predicted molar refractivity (Wildman–Crippen MR) is 68.7 cm³/mol. The zero-order valence-corrected chi connectivity index (χ0v) is 10.5. The van der Waals surface area contributed by atoms with Crippen LogP contribution in [0.15, 0.2) is 12.1 Å². The largest absolute Gasteiger partial charge is 0.369 e. The number of hydrogen-bond acceptors (Lipinski definition) is 2. The summed E-state index contributed by atoms with van der Waals surface area (Å²) in [6, 6.07) is 2.12. The fourth-order valence-corrected chi connectivity index (χ4v) is 1.79. The van der Waals surface area contributed by atoms with Crippen molar-refractivity contribution in [1.82, 2.24) is 5.32 Å². The van der Waals surface area contributed by atoms with Gasteiger partial charge in [0.2, 0.25) is 0 Å². The number of terminal acetylenes is 1. The van der Waals surface area contributed by atoms with Gasteiger partial charge in [0, 0.05) is 11.6 Å². The number of amides is 1. The summed E-state index contributed by atoms with van der Waals surface area (Å²) < 4.78 is 27.3. The molecule has 0 aromatic heterocycles. The summed E-state index contributed by atoms with van der Waals surface area (Å²) in [5, 5.41) is 5.15. The van der Waals surface area contributed by atoms with Gasteiger partial charge < -0.3 is 10.6 Å². The molecule has 1 saturated carbocycles. The number of rotatable bonds is 4. The molecule has 2 unspecified atom stereocenters. The molecule has 1 aliphatic carbocycles.